The first-order chi connectivity index (χ1) is 15.1. The normalized spacial score (nSPS) is 45.4. The molecule has 9 atom stereocenters. The van der Waals surface area contributed by atoms with Gasteiger partial charge in [-0.2, -0.15) is 0 Å². The number of aliphatic carboxylic acids is 1. The minimum atomic E-state index is -0.695. The van der Waals surface area contributed by atoms with E-state index in [1.165, 1.54) is 32.6 Å². The Balaban J connectivity index is 1.55. The van der Waals surface area contributed by atoms with Crippen LogP contribution in [-0.4, -0.2) is 34.1 Å². The summed E-state index contributed by atoms with van der Waals surface area (Å²) in [7, 11) is 0. The molecule has 0 aromatic heterocycles. The molecule has 6 heteroatoms. The van der Waals surface area contributed by atoms with Crippen LogP contribution in [0.1, 0.15) is 91.9 Å². The van der Waals surface area contributed by atoms with Crippen molar-refractivity contribution in [3.63, 3.8) is 0 Å². The van der Waals surface area contributed by atoms with Gasteiger partial charge < -0.3 is 15.1 Å². The number of carboxylic acids is 1. The number of nitrogens with zero attached hydrogens (tertiary/aromatic N) is 1. The van der Waals surface area contributed by atoms with E-state index in [-0.39, 0.29) is 35.2 Å². The quantitative estimate of drug-likeness (QED) is 0.329. The number of oxime groups is 1. The molecule has 4 fully saturated rings. The minimum Gasteiger partial charge on any atom is -0.481 e. The van der Waals surface area contributed by atoms with Crippen molar-refractivity contribution < 1.29 is 24.6 Å². The van der Waals surface area contributed by atoms with Gasteiger partial charge in [-0.05, 0) is 98.2 Å². The molecule has 4 aliphatic rings. The molecule has 0 unspecified atom stereocenters. The lowest BCUT2D eigenvalue weighted by molar-refractivity contribution is -0.153. The molecule has 0 bridgehead atoms. The Labute approximate surface area is 192 Å². The number of hydrogen-bond donors (Lipinski definition) is 2. The molecule has 0 spiro atoms. The SMILES string of the molecule is CC(=O)O[C@@H]1CC[C@@]2(C)[C@@H](C1)/C(=N/O)C[C@@H]1[C@@H]2CC[C@]2(C)[C@@H]([C@H](C)CCC(=O)O)CC[C@@H]12. The van der Waals surface area contributed by atoms with Gasteiger partial charge in [-0.3, -0.25) is 9.59 Å². The third-order valence-corrected chi connectivity index (χ3v) is 10.5. The Morgan fingerprint density at radius 1 is 1.12 bits per heavy atom. The van der Waals surface area contributed by atoms with Gasteiger partial charge in [0, 0.05) is 19.3 Å². The van der Waals surface area contributed by atoms with Crippen LogP contribution in [0.5, 0.6) is 0 Å². The van der Waals surface area contributed by atoms with Gasteiger partial charge in [0.1, 0.15) is 6.10 Å². The Kier molecular flexibility index (Phi) is 6.36. The molecule has 0 aromatic rings. The summed E-state index contributed by atoms with van der Waals surface area (Å²) in [6.07, 6.45) is 9.28. The van der Waals surface area contributed by atoms with Gasteiger partial charge in [0.05, 0.1) is 5.71 Å². The third-order valence-electron chi connectivity index (χ3n) is 10.5. The second-order valence-electron chi connectivity index (χ2n) is 11.9. The maximum Gasteiger partial charge on any atom is 0.303 e. The predicted octanol–water partition coefficient (Wildman–Crippen LogP) is 5.52. The van der Waals surface area contributed by atoms with Crippen LogP contribution < -0.4 is 0 Å². The van der Waals surface area contributed by atoms with Crippen LogP contribution in [0.4, 0.5) is 0 Å². The van der Waals surface area contributed by atoms with Crippen molar-refractivity contribution in [2.24, 2.45) is 51.5 Å². The van der Waals surface area contributed by atoms with Crippen LogP contribution in [0.3, 0.4) is 0 Å². The number of esters is 1. The van der Waals surface area contributed by atoms with E-state index >= 15 is 0 Å². The lowest BCUT2D eigenvalue weighted by Crippen LogP contribution is -2.57. The molecule has 2 N–H and O–H groups in total. The first kappa shape index (κ1) is 23.6. The first-order valence-corrected chi connectivity index (χ1v) is 12.7. The van der Waals surface area contributed by atoms with Gasteiger partial charge in [0.25, 0.3) is 0 Å². The topological polar surface area (TPSA) is 96.2 Å². The zero-order valence-electron chi connectivity index (χ0n) is 20.2. The fraction of sp³-hybridized carbons (Fsp3) is 0.885. The summed E-state index contributed by atoms with van der Waals surface area (Å²) in [5.41, 5.74) is 1.25. The zero-order chi connectivity index (χ0) is 23.3. The Hall–Kier alpha value is -1.59. The first-order valence-electron chi connectivity index (χ1n) is 12.7. The highest BCUT2D eigenvalue weighted by atomic mass is 16.5. The average Bonchev–Trinajstić information content (AvgIpc) is 3.09. The average molecular weight is 448 g/mol. The number of carboxylic acid groups (broad SMARTS) is 1. The maximum atomic E-state index is 11.5. The summed E-state index contributed by atoms with van der Waals surface area (Å²) in [6.45, 7) is 8.59. The van der Waals surface area contributed by atoms with Crippen molar-refractivity contribution >= 4 is 17.7 Å². The van der Waals surface area contributed by atoms with E-state index in [2.05, 4.69) is 25.9 Å². The standard InChI is InChI=1S/C26H41NO5/c1-15(5-8-24(29)30)19-6-7-20-18-14-23(27-31)22-13-17(32-16(2)28)9-11-26(22,4)21(18)10-12-25(19,20)3/h15,17-22,31H,5-14H2,1-4H3,(H,29,30)/b27-23+/t15-,17-,18+,19-,20+,21+,22+,25-,26-/m1/s1. The van der Waals surface area contributed by atoms with Crippen LogP contribution in [0.25, 0.3) is 0 Å². The molecule has 4 aliphatic carbocycles. The number of rotatable bonds is 5. The summed E-state index contributed by atoms with van der Waals surface area (Å²) >= 11 is 0. The van der Waals surface area contributed by atoms with Crippen molar-refractivity contribution in [1.29, 1.82) is 0 Å². The van der Waals surface area contributed by atoms with Gasteiger partial charge in [-0.15, -0.1) is 0 Å². The fourth-order valence-electron chi connectivity index (χ4n) is 9.01. The molecule has 6 nitrogen and oxygen atoms in total. The number of carbonyl (C=O) groups excluding carboxylic acids is 1. The maximum absolute atomic E-state index is 11.5. The summed E-state index contributed by atoms with van der Waals surface area (Å²) < 4.78 is 5.56. The zero-order valence-corrected chi connectivity index (χ0v) is 20.2. The molecule has 0 radical (unpaired) electrons. The molecule has 180 valence electrons. The van der Waals surface area contributed by atoms with Crippen LogP contribution >= 0.6 is 0 Å². The van der Waals surface area contributed by atoms with Gasteiger partial charge >= 0.3 is 11.9 Å². The van der Waals surface area contributed by atoms with E-state index < -0.39 is 5.97 Å². The predicted molar refractivity (Wildman–Crippen MR) is 121 cm³/mol. The molecular weight excluding hydrogens is 406 g/mol. The molecule has 0 aliphatic heterocycles. The highest BCUT2D eigenvalue weighted by Gasteiger charge is 2.62. The van der Waals surface area contributed by atoms with Crippen molar-refractivity contribution in [3.05, 3.63) is 0 Å². The van der Waals surface area contributed by atoms with Crippen molar-refractivity contribution in [2.45, 2.75) is 98.0 Å². The largest absolute Gasteiger partial charge is 0.481 e. The van der Waals surface area contributed by atoms with E-state index in [1.54, 1.807) is 0 Å². The number of hydrogen-bond acceptors (Lipinski definition) is 5. The summed E-state index contributed by atoms with van der Waals surface area (Å²) in [5, 5.41) is 23.0. The summed E-state index contributed by atoms with van der Waals surface area (Å²) in [5.74, 6) is 2.02. The lowest BCUT2D eigenvalue weighted by Gasteiger charge is -2.61. The monoisotopic (exact) mass is 447 g/mol. The molecular formula is C26H41NO5. The van der Waals surface area contributed by atoms with Crippen LogP contribution in [0, 0.1) is 46.3 Å². The number of ether oxygens (including phenoxy) is 1. The highest BCUT2D eigenvalue weighted by molar-refractivity contribution is 5.88. The second kappa shape index (κ2) is 8.64. The fourth-order valence-corrected chi connectivity index (χ4v) is 9.01. The molecule has 4 rings (SSSR count). The van der Waals surface area contributed by atoms with E-state index in [1.807, 2.05) is 0 Å². The van der Waals surface area contributed by atoms with Gasteiger partial charge in [-0.25, -0.2) is 0 Å². The molecule has 4 saturated carbocycles. The van der Waals surface area contributed by atoms with Crippen LogP contribution in [0.2, 0.25) is 0 Å². The number of carbonyl (C=O) groups is 2. The van der Waals surface area contributed by atoms with Gasteiger partial charge in [0.15, 0.2) is 0 Å². The highest BCUT2D eigenvalue weighted by Crippen LogP contribution is 2.68. The number of fused-ring (bicyclic) bond motifs is 5. The smallest absolute Gasteiger partial charge is 0.303 e. The third kappa shape index (κ3) is 3.86. The summed E-state index contributed by atoms with van der Waals surface area (Å²) in [4.78, 5) is 22.7. The lowest BCUT2D eigenvalue weighted by atomic mass is 9.44. The Morgan fingerprint density at radius 3 is 2.47 bits per heavy atom. The molecule has 0 aromatic carbocycles. The molecule has 0 heterocycles. The van der Waals surface area contributed by atoms with Crippen molar-refractivity contribution in [2.75, 3.05) is 0 Å². The molecule has 0 saturated heterocycles. The van der Waals surface area contributed by atoms with Gasteiger partial charge in [-0.1, -0.05) is 25.9 Å². The van der Waals surface area contributed by atoms with E-state index in [0.717, 1.165) is 37.8 Å². The molecule has 32 heavy (non-hydrogen) atoms. The van der Waals surface area contributed by atoms with Crippen molar-refractivity contribution in [3.8, 4) is 0 Å². The Bertz CT molecular complexity index is 780. The second-order valence-corrected chi connectivity index (χ2v) is 11.9. The van der Waals surface area contributed by atoms with E-state index in [0.29, 0.717) is 29.6 Å². The van der Waals surface area contributed by atoms with Crippen molar-refractivity contribution in [1.82, 2.24) is 0 Å². The minimum absolute atomic E-state index is 0.0707. The van der Waals surface area contributed by atoms with E-state index in [9.17, 15) is 14.8 Å². The van der Waals surface area contributed by atoms with Crippen LogP contribution in [0.15, 0.2) is 5.16 Å². The molecule has 0 amide bonds. The van der Waals surface area contributed by atoms with Crippen LogP contribution in [-0.2, 0) is 14.3 Å². The van der Waals surface area contributed by atoms with Gasteiger partial charge in [0.2, 0.25) is 0 Å². The van der Waals surface area contributed by atoms with E-state index in [4.69, 9.17) is 9.84 Å². The summed E-state index contributed by atoms with van der Waals surface area (Å²) in [6, 6.07) is 0. The Morgan fingerprint density at radius 2 is 1.81 bits per heavy atom.